The molecular formula is C15H17BrClNO3. The van der Waals surface area contributed by atoms with Crippen LogP contribution in [-0.2, 0) is 9.59 Å². The third-order valence-corrected chi connectivity index (χ3v) is 4.73. The molecule has 1 heterocycles. The van der Waals surface area contributed by atoms with E-state index in [4.69, 9.17) is 5.11 Å². The van der Waals surface area contributed by atoms with E-state index >= 15 is 0 Å². The quantitative estimate of drug-likeness (QED) is 0.885. The number of carbonyl (C=O) groups is 2. The molecule has 1 amide bonds. The second kappa shape index (κ2) is 6.36. The van der Waals surface area contributed by atoms with Crippen LogP contribution in [0.4, 0.5) is 0 Å². The number of hydrogen-bond donors (Lipinski definition) is 1. The van der Waals surface area contributed by atoms with Crippen LogP contribution in [0.1, 0.15) is 24.3 Å². The fourth-order valence-electron chi connectivity index (χ4n) is 2.97. The van der Waals surface area contributed by atoms with E-state index in [0.717, 1.165) is 10.9 Å². The summed E-state index contributed by atoms with van der Waals surface area (Å²) in [5.74, 6) is -0.721. The number of aliphatic carboxylic acids is 1. The van der Waals surface area contributed by atoms with Gasteiger partial charge in [-0.3, -0.25) is 9.59 Å². The molecule has 2 fully saturated rings. The van der Waals surface area contributed by atoms with Gasteiger partial charge in [-0.2, -0.15) is 0 Å². The standard InChI is InChI=1S/C15H16BrNO3.ClH/c16-11-3-1-2-9(6-11)12-7-13(12)14(18)17-5-4-10(8-17)15(19)20;/h1-3,6,10,12-13H,4-5,7-8H2,(H,19,20);1H. The van der Waals surface area contributed by atoms with E-state index in [1.54, 1.807) is 4.90 Å². The molecule has 0 bridgehead atoms. The molecule has 3 rings (SSSR count). The first kappa shape index (κ1) is 16.3. The van der Waals surface area contributed by atoms with Crippen molar-refractivity contribution in [2.75, 3.05) is 13.1 Å². The Hall–Kier alpha value is -1.07. The van der Waals surface area contributed by atoms with Crippen LogP contribution in [0.5, 0.6) is 0 Å². The Balaban J connectivity index is 0.00000161. The molecule has 2 aliphatic rings. The highest BCUT2D eigenvalue weighted by molar-refractivity contribution is 9.10. The van der Waals surface area contributed by atoms with Crippen molar-refractivity contribution in [2.24, 2.45) is 11.8 Å². The van der Waals surface area contributed by atoms with Crippen molar-refractivity contribution >= 4 is 40.2 Å². The number of carboxylic acids is 1. The highest BCUT2D eigenvalue weighted by Crippen LogP contribution is 2.49. The summed E-state index contributed by atoms with van der Waals surface area (Å²) in [6.07, 6.45) is 1.46. The molecule has 6 heteroatoms. The number of hydrogen-bond acceptors (Lipinski definition) is 2. The summed E-state index contributed by atoms with van der Waals surface area (Å²) in [5.41, 5.74) is 1.19. The van der Waals surface area contributed by atoms with Gasteiger partial charge in [-0.25, -0.2) is 0 Å². The number of nitrogens with zero attached hydrogens (tertiary/aromatic N) is 1. The van der Waals surface area contributed by atoms with E-state index in [1.165, 1.54) is 5.56 Å². The topological polar surface area (TPSA) is 57.6 Å². The largest absolute Gasteiger partial charge is 0.481 e. The van der Waals surface area contributed by atoms with Crippen LogP contribution in [0.3, 0.4) is 0 Å². The van der Waals surface area contributed by atoms with Crippen molar-refractivity contribution < 1.29 is 14.7 Å². The molecule has 0 aromatic heterocycles. The minimum absolute atomic E-state index is 0. The second-order valence-corrected chi connectivity index (χ2v) is 6.53. The number of amides is 1. The first-order valence-electron chi connectivity index (χ1n) is 6.83. The van der Waals surface area contributed by atoms with Gasteiger partial charge in [0.15, 0.2) is 0 Å². The highest BCUT2D eigenvalue weighted by atomic mass is 79.9. The fraction of sp³-hybridized carbons (Fsp3) is 0.467. The van der Waals surface area contributed by atoms with Crippen molar-refractivity contribution in [3.8, 4) is 0 Å². The predicted octanol–water partition coefficient (Wildman–Crippen LogP) is 2.91. The molecule has 4 nitrogen and oxygen atoms in total. The lowest BCUT2D eigenvalue weighted by molar-refractivity contribution is -0.141. The van der Waals surface area contributed by atoms with Crippen molar-refractivity contribution in [2.45, 2.75) is 18.8 Å². The zero-order valence-electron chi connectivity index (χ0n) is 11.4. The monoisotopic (exact) mass is 373 g/mol. The lowest BCUT2D eigenvalue weighted by Crippen LogP contribution is -2.31. The number of carboxylic acid groups (broad SMARTS) is 1. The number of benzene rings is 1. The molecule has 1 aromatic rings. The van der Waals surface area contributed by atoms with E-state index < -0.39 is 5.97 Å². The van der Waals surface area contributed by atoms with E-state index in [9.17, 15) is 9.59 Å². The molecule has 1 aliphatic carbocycles. The average molecular weight is 375 g/mol. The lowest BCUT2D eigenvalue weighted by Gasteiger charge is -2.15. The Morgan fingerprint density at radius 2 is 2.10 bits per heavy atom. The molecule has 3 unspecified atom stereocenters. The molecule has 1 aromatic carbocycles. The zero-order chi connectivity index (χ0) is 14.3. The number of halogens is 2. The maximum absolute atomic E-state index is 12.4. The van der Waals surface area contributed by atoms with Crippen LogP contribution in [0, 0.1) is 11.8 Å². The summed E-state index contributed by atoms with van der Waals surface area (Å²) in [6.45, 7) is 0.952. The summed E-state index contributed by atoms with van der Waals surface area (Å²) in [6, 6.07) is 8.06. The molecule has 1 saturated carbocycles. The van der Waals surface area contributed by atoms with Crippen LogP contribution in [0.2, 0.25) is 0 Å². The minimum Gasteiger partial charge on any atom is -0.481 e. The fourth-order valence-corrected chi connectivity index (χ4v) is 3.39. The van der Waals surface area contributed by atoms with Gasteiger partial charge >= 0.3 is 5.97 Å². The Bertz CT molecular complexity index is 566. The Kier molecular flexibility index (Phi) is 4.94. The van der Waals surface area contributed by atoms with Gasteiger partial charge in [0.05, 0.1) is 5.92 Å². The zero-order valence-corrected chi connectivity index (χ0v) is 13.8. The molecule has 0 radical (unpaired) electrons. The van der Waals surface area contributed by atoms with Gasteiger partial charge in [-0.15, -0.1) is 12.4 Å². The maximum Gasteiger partial charge on any atom is 0.308 e. The van der Waals surface area contributed by atoms with Gasteiger partial charge in [-0.05, 0) is 36.5 Å². The van der Waals surface area contributed by atoms with Crippen LogP contribution >= 0.6 is 28.3 Å². The summed E-state index contributed by atoms with van der Waals surface area (Å²) in [5, 5.41) is 8.98. The van der Waals surface area contributed by atoms with Crippen LogP contribution < -0.4 is 0 Å². The number of likely N-dealkylation sites (tertiary alicyclic amines) is 1. The summed E-state index contributed by atoms with van der Waals surface area (Å²) < 4.78 is 1.03. The van der Waals surface area contributed by atoms with Crippen molar-refractivity contribution in [3.05, 3.63) is 34.3 Å². The Labute approximate surface area is 138 Å². The van der Waals surface area contributed by atoms with Crippen molar-refractivity contribution in [1.29, 1.82) is 0 Å². The smallest absolute Gasteiger partial charge is 0.308 e. The van der Waals surface area contributed by atoms with Gasteiger partial charge in [0.25, 0.3) is 0 Å². The van der Waals surface area contributed by atoms with E-state index in [0.29, 0.717) is 25.4 Å². The molecule has 3 atom stereocenters. The average Bonchev–Trinajstić information content (AvgIpc) is 3.06. The summed E-state index contributed by atoms with van der Waals surface area (Å²) in [4.78, 5) is 25.0. The lowest BCUT2D eigenvalue weighted by atomic mass is 10.1. The first-order chi connectivity index (χ1) is 9.56. The number of rotatable bonds is 3. The van der Waals surface area contributed by atoms with Gasteiger partial charge in [0, 0.05) is 23.5 Å². The van der Waals surface area contributed by atoms with Crippen molar-refractivity contribution in [3.63, 3.8) is 0 Å². The third kappa shape index (κ3) is 3.40. The SMILES string of the molecule is Cl.O=C(O)C1CCN(C(=O)C2CC2c2cccc(Br)c2)C1. The van der Waals surface area contributed by atoms with Gasteiger partial charge in [-0.1, -0.05) is 28.1 Å². The normalized spacial score (nSPS) is 27.1. The molecule has 114 valence electrons. The minimum atomic E-state index is -0.792. The molecule has 21 heavy (non-hydrogen) atoms. The molecule has 1 N–H and O–H groups in total. The molecule has 0 spiro atoms. The first-order valence-corrected chi connectivity index (χ1v) is 7.62. The van der Waals surface area contributed by atoms with Crippen LogP contribution in [0.15, 0.2) is 28.7 Å². The third-order valence-electron chi connectivity index (χ3n) is 4.23. The predicted molar refractivity (Wildman–Crippen MR) is 84.6 cm³/mol. The van der Waals surface area contributed by atoms with Gasteiger partial charge in [0.1, 0.15) is 0 Å². The maximum atomic E-state index is 12.4. The summed E-state index contributed by atoms with van der Waals surface area (Å²) in [7, 11) is 0. The Morgan fingerprint density at radius 3 is 2.71 bits per heavy atom. The van der Waals surface area contributed by atoms with Crippen LogP contribution in [0.25, 0.3) is 0 Å². The van der Waals surface area contributed by atoms with Gasteiger partial charge < -0.3 is 10.0 Å². The van der Waals surface area contributed by atoms with E-state index in [2.05, 4.69) is 22.0 Å². The highest BCUT2D eigenvalue weighted by Gasteiger charge is 2.47. The summed E-state index contributed by atoms with van der Waals surface area (Å²) >= 11 is 3.44. The second-order valence-electron chi connectivity index (χ2n) is 5.61. The van der Waals surface area contributed by atoms with Crippen LogP contribution in [-0.4, -0.2) is 35.0 Å². The Morgan fingerprint density at radius 1 is 1.33 bits per heavy atom. The van der Waals surface area contributed by atoms with E-state index in [1.807, 2.05) is 18.2 Å². The van der Waals surface area contributed by atoms with Gasteiger partial charge in [0.2, 0.25) is 5.91 Å². The molecule has 1 aliphatic heterocycles. The van der Waals surface area contributed by atoms with Crippen molar-refractivity contribution in [1.82, 2.24) is 4.90 Å². The molecular weight excluding hydrogens is 358 g/mol. The van der Waals surface area contributed by atoms with E-state index in [-0.39, 0.29) is 30.2 Å². The molecule has 1 saturated heterocycles. The number of carbonyl (C=O) groups excluding carboxylic acids is 1.